The standard InChI is InChI=1S/C14H19N3O2/c1-4-7-16-14(18)10-17(2)13-8-12(19-3)6-5-11(13)9-15/h5-6,8H,4,7,10H2,1-3H3,(H,16,18). The van der Waals surface area contributed by atoms with Gasteiger partial charge in [-0.2, -0.15) is 5.26 Å². The Balaban J connectivity index is 2.83. The van der Waals surface area contributed by atoms with E-state index in [1.807, 2.05) is 6.92 Å². The van der Waals surface area contributed by atoms with Crippen LogP contribution in [0.2, 0.25) is 0 Å². The van der Waals surface area contributed by atoms with Crippen LogP contribution in [0.1, 0.15) is 18.9 Å². The molecule has 1 N–H and O–H groups in total. The quantitative estimate of drug-likeness (QED) is 0.843. The van der Waals surface area contributed by atoms with E-state index in [1.165, 1.54) is 0 Å². The zero-order valence-corrected chi connectivity index (χ0v) is 11.6. The number of amides is 1. The third kappa shape index (κ3) is 4.18. The van der Waals surface area contributed by atoms with E-state index in [0.29, 0.717) is 23.5 Å². The monoisotopic (exact) mass is 261 g/mol. The number of carbonyl (C=O) groups is 1. The van der Waals surface area contributed by atoms with Crippen LogP contribution in [0.4, 0.5) is 5.69 Å². The molecule has 0 atom stereocenters. The first-order chi connectivity index (χ1) is 9.12. The summed E-state index contributed by atoms with van der Waals surface area (Å²) >= 11 is 0. The molecule has 0 spiro atoms. The van der Waals surface area contributed by atoms with Crippen molar-refractivity contribution in [2.24, 2.45) is 0 Å². The minimum Gasteiger partial charge on any atom is -0.497 e. The Morgan fingerprint density at radius 3 is 2.84 bits per heavy atom. The molecule has 0 saturated carbocycles. The summed E-state index contributed by atoms with van der Waals surface area (Å²) in [5, 5.41) is 11.9. The lowest BCUT2D eigenvalue weighted by Gasteiger charge is -2.20. The highest BCUT2D eigenvalue weighted by atomic mass is 16.5. The Kier molecular flexibility index (Phi) is 5.68. The molecule has 1 aromatic carbocycles. The molecule has 0 aromatic heterocycles. The number of likely N-dealkylation sites (N-methyl/N-ethyl adjacent to an activating group) is 1. The smallest absolute Gasteiger partial charge is 0.239 e. The van der Waals surface area contributed by atoms with Crippen LogP contribution in [-0.4, -0.2) is 33.2 Å². The predicted molar refractivity (Wildman–Crippen MR) is 74.3 cm³/mol. The zero-order chi connectivity index (χ0) is 14.3. The molecule has 5 nitrogen and oxygen atoms in total. The number of hydrogen-bond donors (Lipinski definition) is 1. The molecule has 1 amide bonds. The molecular weight excluding hydrogens is 242 g/mol. The van der Waals surface area contributed by atoms with Gasteiger partial charge < -0.3 is 15.0 Å². The molecule has 102 valence electrons. The first-order valence-electron chi connectivity index (χ1n) is 6.18. The van der Waals surface area contributed by atoms with Gasteiger partial charge in [-0.1, -0.05) is 6.92 Å². The maximum Gasteiger partial charge on any atom is 0.239 e. The van der Waals surface area contributed by atoms with Gasteiger partial charge in [0.15, 0.2) is 0 Å². The molecule has 0 unspecified atom stereocenters. The van der Waals surface area contributed by atoms with Gasteiger partial charge in [-0.3, -0.25) is 4.79 Å². The van der Waals surface area contributed by atoms with Gasteiger partial charge >= 0.3 is 0 Å². The van der Waals surface area contributed by atoms with Crippen LogP contribution in [0.25, 0.3) is 0 Å². The fraction of sp³-hybridized carbons (Fsp3) is 0.429. The summed E-state index contributed by atoms with van der Waals surface area (Å²) in [4.78, 5) is 13.4. The molecule has 0 aliphatic heterocycles. The summed E-state index contributed by atoms with van der Waals surface area (Å²) in [5.74, 6) is 0.603. The van der Waals surface area contributed by atoms with Crippen LogP contribution in [0.3, 0.4) is 0 Å². The fourth-order valence-corrected chi connectivity index (χ4v) is 1.67. The molecule has 0 heterocycles. The van der Waals surface area contributed by atoms with Crippen LogP contribution in [0.15, 0.2) is 18.2 Å². The van der Waals surface area contributed by atoms with Crippen molar-refractivity contribution in [1.82, 2.24) is 5.32 Å². The highest BCUT2D eigenvalue weighted by Gasteiger charge is 2.12. The maximum absolute atomic E-state index is 11.7. The molecule has 0 saturated heterocycles. The summed E-state index contributed by atoms with van der Waals surface area (Å²) in [7, 11) is 3.35. The van der Waals surface area contributed by atoms with Crippen molar-refractivity contribution >= 4 is 11.6 Å². The zero-order valence-electron chi connectivity index (χ0n) is 11.6. The molecule has 0 aliphatic rings. The Labute approximate surface area is 113 Å². The number of methoxy groups -OCH3 is 1. The maximum atomic E-state index is 11.7. The SMILES string of the molecule is CCCNC(=O)CN(C)c1cc(OC)ccc1C#N. The first-order valence-corrected chi connectivity index (χ1v) is 6.18. The molecule has 19 heavy (non-hydrogen) atoms. The Bertz CT molecular complexity index is 480. The number of hydrogen-bond acceptors (Lipinski definition) is 4. The number of carbonyl (C=O) groups excluding carboxylic acids is 1. The number of nitriles is 1. The van der Waals surface area contributed by atoms with Crippen LogP contribution >= 0.6 is 0 Å². The minimum atomic E-state index is -0.0592. The van der Waals surface area contributed by atoms with E-state index in [0.717, 1.165) is 6.42 Å². The van der Waals surface area contributed by atoms with Crippen molar-refractivity contribution in [3.8, 4) is 11.8 Å². The van der Waals surface area contributed by atoms with Crippen molar-refractivity contribution in [2.75, 3.05) is 32.1 Å². The van der Waals surface area contributed by atoms with Crippen molar-refractivity contribution in [2.45, 2.75) is 13.3 Å². The van der Waals surface area contributed by atoms with Gasteiger partial charge in [-0.25, -0.2) is 0 Å². The van der Waals surface area contributed by atoms with Crippen molar-refractivity contribution in [3.63, 3.8) is 0 Å². The fourth-order valence-electron chi connectivity index (χ4n) is 1.67. The summed E-state index contributed by atoms with van der Waals surface area (Å²) in [6.45, 7) is 2.87. The first kappa shape index (κ1) is 14.8. The molecular formula is C14H19N3O2. The van der Waals surface area contributed by atoms with Gasteiger partial charge in [0, 0.05) is 19.7 Å². The number of benzene rings is 1. The molecule has 5 heteroatoms. The normalized spacial score (nSPS) is 9.58. The topological polar surface area (TPSA) is 65.4 Å². The third-order valence-electron chi connectivity index (χ3n) is 2.69. The number of nitrogens with one attached hydrogen (secondary N) is 1. The van der Waals surface area contributed by atoms with E-state index in [-0.39, 0.29) is 12.5 Å². The summed E-state index contributed by atoms with van der Waals surface area (Å²) in [6, 6.07) is 7.29. The van der Waals surface area contributed by atoms with E-state index in [4.69, 9.17) is 10.00 Å². The van der Waals surface area contributed by atoms with E-state index in [1.54, 1.807) is 37.3 Å². The second-order valence-corrected chi connectivity index (χ2v) is 4.20. The van der Waals surface area contributed by atoms with Crippen LogP contribution in [0, 0.1) is 11.3 Å². The van der Waals surface area contributed by atoms with Crippen LogP contribution in [0.5, 0.6) is 5.75 Å². The molecule has 0 fully saturated rings. The number of ether oxygens (including phenoxy) is 1. The Morgan fingerprint density at radius 2 is 2.26 bits per heavy atom. The molecule has 0 bridgehead atoms. The Hall–Kier alpha value is -2.22. The average molecular weight is 261 g/mol. The molecule has 1 aromatic rings. The highest BCUT2D eigenvalue weighted by molar-refractivity contribution is 5.82. The largest absolute Gasteiger partial charge is 0.497 e. The second-order valence-electron chi connectivity index (χ2n) is 4.20. The van der Waals surface area contributed by atoms with E-state index in [9.17, 15) is 4.79 Å². The summed E-state index contributed by atoms with van der Waals surface area (Å²) in [6.07, 6.45) is 0.901. The summed E-state index contributed by atoms with van der Waals surface area (Å²) < 4.78 is 5.14. The molecule has 0 radical (unpaired) electrons. The van der Waals surface area contributed by atoms with Crippen LogP contribution < -0.4 is 15.0 Å². The van der Waals surface area contributed by atoms with E-state index < -0.39 is 0 Å². The minimum absolute atomic E-state index is 0.0592. The lowest BCUT2D eigenvalue weighted by atomic mass is 10.1. The van der Waals surface area contributed by atoms with Crippen molar-refractivity contribution in [1.29, 1.82) is 5.26 Å². The van der Waals surface area contributed by atoms with Gasteiger partial charge in [-0.05, 0) is 18.6 Å². The van der Waals surface area contributed by atoms with Gasteiger partial charge in [0.25, 0.3) is 0 Å². The van der Waals surface area contributed by atoms with E-state index >= 15 is 0 Å². The average Bonchev–Trinajstić information content (AvgIpc) is 2.44. The number of anilines is 1. The molecule has 1 rings (SSSR count). The van der Waals surface area contributed by atoms with E-state index in [2.05, 4.69) is 11.4 Å². The van der Waals surface area contributed by atoms with Crippen LogP contribution in [-0.2, 0) is 4.79 Å². The number of nitrogens with zero attached hydrogens (tertiary/aromatic N) is 2. The van der Waals surface area contributed by atoms with Gasteiger partial charge in [0.2, 0.25) is 5.91 Å². The predicted octanol–water partition coefficient (Wildman–Crippen LogP) is 1.53. The highest BCUT2D eigenvalue weighted by Crippen LogP contribution is 2.24. The lowest BCUT2D eigenvalue weighted by Crippen LogP contribution is -2.35. The number of rotatable bonds is 6. The van der Waals surface area contributed by atoms with Gasteiger partial charge in [0.05, 0.1) is 24.9 Å². The lowest BCUT2D eigenvalue weighted by molar-refractivity contribution is -0.119. The molecule has 0 aliphatic carbocycles. The summed E-state index contributed by atoms with van der Waals surface area (Å²) in [5.41, 5.74) is 1.21. The third-order valence-corrected chi connectivity index (χ3v) is 2.69. The van der Waals surface area contributed by atoms with Crippen molar-refractivity contribution < 1.29 is 9.53 Å². The van der Waals surface area contributed by atoms with Gasteiger partial charge in [0.1, 0.15) is 11.8 Å². The second kappa shape index (κ2) is 7.27. The van der Waals surface area contributed by atoms with Gasteiger partial charge in [-0.15, -0.1) is 0 Å². The van der Waals surface area contributed by atoms with Crippen molar-refractivity contribution in [3.05, 3.63) is 23.8 Å². The Morgan fingerprint density at radius 1 is 1.53 bits per heavy atom.